The van der Waals surface area contributed by atoms with Crippen LogP contribution in [0.5, 0.6) is 0 Å². The standard InChI is InChI=1S/C10H15N5O/c1-9(2,3)10(4,16)7(5-6-11)8-12-14-15-13-8/h5,16H,1-4H3,(H,12,13,14,15). The molecule has 1 rings (SSSR count). The summed E-state index contributed by atoms with van der Waals surface area (Å²) >= 11 is 0. The fourth-order valence-electron chi connectivity index (χ4n) is 1.17. The first-order valence-corrected chi connectivity index (χ1v) is 4.87. The van der Waals surface area contributed by atoms with Crippen LogP contribution in [0.4, 0.5) is 0 Å². The van der Waals surface area contributed by atoms with Crippen molar-refractivity contribution in [2.75, 3.05) is 0 Å². The normalized spacial score (nSPS) is 16.6. The van der Waals surface area contributed by atoms with Gasteiger partial charge in [-0.05, 0) is 17.6 Å². The van der Waals surface area contributed by atoms with Gasteiger partial charge in [-0.2, -0.15) is 10.5 Å². The summed E-state index contributed by atoms with van der Waals surface area (Å²) in [6.45, 7) is 7.25. The number of hydrogen-bond donors (Lipinski definition) is 2. The molecule has 0 aliphatic carbocycles. The molecule has 1 aromatic heterocycles. The molecule has 2 N–H and O–H groups in total. The molecule has 0 radical (unpaired) electrons. The molecule has 0 aliphatic heterocycles. The van der Waals surface area contributed by atoms with Crippen molar-refractivity contribution in [3.8, 4) is 6.07 Å². The number of hydrogen-bond acceptors (Lipinski definition) is 5. The smallest absolute Gasteiger partial charge is 0.204 e. The van der Waals surface area contributed by atoms with Crippen LogP contribution in [0.25, 0.3) is 5.57 Å². The van der Waals surface area contributed by atoms with Crippen LogP contribution >= 0.6 is 0 Å². The Morgan fingerprint density at radius 3 is 2.44 bits per heavy atom. The lowest BCUT2D eigenvalue weighted by Crippen LogP contribution is -2.41. The van der Waals surface area contributed by atoms with E-state index in [2.05, 4.69) is 20.6 Å². The SMILES string of the molecule is CC(C)(C)C(C)(O)C(=CC#N)c1nn[nH]n1. The number of nitrogens with one attached hydrogen (secondary N) is 1. The second-order valence-electron chi connectivity index (χ2n) is 4.74. The molecule has 0 saturated heterocycles. The van der Waals surface area contributed by atoms with E-state index in [1.807, 2.05) is 26.8 Å². The van der Waals surface area contributed by atoms with Crippen LogP contribution < -0.4 is 0 Å². The quantitative estimate of drug-likeness (QED) is 0.723. The largest absolute Gasteiger partial charge is 0.385 e. The molecule has 0 amide bonds. The highest BCUT2D eigenvalue weighted by Crippen LogP contribution is 2.39. The van der Waals surface area contributed by atoms with Gasteiger partial charge in [0.15, 0.2) is 0 Å². The molecule has 0 bridgehead atoms. The van der Waals surface area contributed by atoms with E-state index >= 15 is 0 Å². The zero-order chi connectivity index (χ0) is 12.4. The highest BCUT2D eigenvalue weighted by Gasteiger charge is 2.41. The summed E-state index contributed by atoms with van der Waals surface area (Å²) in [5, 5.41) is 32.5. The number of rotatable bonds is 2. The maximum absolute atomic E-state index is 10.5. The van der Waals surface area contributed by atoms with Gasteiger partial charge in [0, 0.05) is 11.6 Å². The van der Waals surface area contributed by atoms with Crippen molar-refractivity contribution in [3.63, 3.8) is 0 Å². The van der Waals surface area contributed by atoms with Gasteiger partial charge in [0.25, 0.3) is 0 Å². The fourth-order valence-corrected chi connectivity index (χ4v) is 1.17. The van der Waals surface area contributed by atoms with Crippen molar-refractivity contribution >= 4 is 5.57 Å². The minimum atomic E-state index is -1.22. The summed E-state index contributed by atoms with van der Waals surface area (Å²) in [5.74, 6) is 0.237. The van der Waals surface area contributed by atoms with Crippen molar-refractivity contribution in [2.45, 2.75) is 33.3 Å². The summed E-state index contributed by atoms with van der Waals surface area (Å²) in [5.41, 5.74) is -1.31. The van der Waals surface area contributed by atoms with Gasteiger partial charge in [0.2, 0.25) is 5.82 Å². The number of tetrazole rings is 1. The van der Waals surface area contributed by atoms with Crippen molar-refractivity contribution in [1.82, 2.24) is 20.6 Å². The third-order valence-electron chi connectivity index (χ3n) is 2.78. The Labute approximate surface area is 94.0 Å². The molecule has 6 heteroatoms. The number of aliphatic hydroxyl groups is 1. The average Bonchev–Trinajstić information content (AvgIpc) is 2.64. The van der Waals surface area contributed by atoms with Gasteiger partial charge in [0.1, 0.15) is 0 Å². The summed E-state index contributed by atoms with van der Waals surface area (Å²) in [7, 11) is 0. The molecular formula is C10H15N5O. The highest BCUT2D eigenvalue weighted by molar-refractivity contribution is 5.69. The maximum Gasteiger partial charge on any atom is 0.204 e. The molecule has 0 fully saturated rings. The summed E-state index contributed by atoms with van der Waals surface area (Å²) in [6.07, 6.45) is 1.25. The lowest BCUT2D eigenvalue weighted by molar-refractivity contribution is 0.0129. The van der Waals surface area contributed by atoms with Crippen LogP contribution in [-0.4, -0.2) is 31.3 Å². The minimum Gasteiger partial charge on any atom is -0.385 e. The number of allylic oxidation sites excluding steroid dienone is 1. The fraction of sp³-hybridized carbons (Fsp3) is 0.600. The van der Waals surface area contributed by atoms with E-state index in [1.165, 1.54) is 6.08 Å². The molecule has 0 aromatic carbocycles. The highest BCUT2D eigenvalue weighted by atomic mass is 16.3. The third kappa shape index (κ3) is 2.09. The first-order valence-electron chi connectivity index (χ1n) is 4.87. The second-order valence-corrected chi connectivity index (χ2v) is 4.74. The van der Waals surface area contributed by atoms with Crippen LogP contribution in [0.2, 0.25) is 0 Å². The number of aromatic nitrogens is 4. The Morgan fingerprint density at radius 2 is 2.06 bits per heavy atom. The van der Waals surface area contributed by atoms with Crippen molar-refractivity contribution < 1.29 is 5.11 Å². The van der Waals surface area contributed by atoms with E-state index in [9.17, 15) is 5.11 Å². The third-order valence-corrected chi connectivity index (χ3v) is 2.78. The van der Waals surface area contributed by atoms with Crippen molar-refractivity contribution in [1.29, 1.82) is 5.26 Å². The zero-order valence-electron chi connectivity index (χ0n) is 9.81. The Morgan fingerprint density at radius 1 is 1.44 bits per heavy atom. The van der Waals surface area contributed by atoms with Crippen molar-refractivity contribution in [3.05, 3.63) is 11.9 Å². The number of nitriles is 1. The van der Waals surface area contributed by atoms with E-state index in [-0.39, 0.29) is 5.82 Å². The Balaban J connectivity index is 3.27. The molecule has 0 aliphatic rings. The molecule has 1 aromatic rings. The van der Waals surface area contributed by atoms with Crippen LogP contribution in [0, 0.1) is 16.7 Å². The Hall–Kier alpha value is -1.74. The number of H-pyrrole nitrogens is 1. The predicted octanol–water partition coefficient (Wildman–Crippen LogP) is 0.904. The predicted molar refractivity (Wildman–Crippen MR) is 57.8 cm³/mol. The summed E-state index contributed by atoms with van der Waals surface area (Å²) in [6, 6.07) is 1.89. The molecule has 16 heavy (non-hydrogen) atoms. The maximum atomic E-state index is 10.5. The van der Waals surface area contributed by atoms with Crippen LogP contribution in [0.1, 0.15) is 33.5 Å². The Kier molecular flexibility index (Phi) is 3.10. The number of aromatic amines is 1. The van der Waals surface area contributed by atoms with Gasteiger partial charge in [-0.25, -0.2) is 0 Å². The van der Waals surface area contributed by atoms with Gasteiger partial charge < -0.3 is 5.11 Å². The van der Waals surface area contributed by atoms with E-state index < -0.39 is 11.0 Å². The summed E-state index contributed by atoms with van der Waals surface area (Å²) in [4.78, 5) is 0. The van der Waals surface area contributed by atoms with E-state index in [0.717, 1.165) is 0 Å². The molecule has 6 nitrogen and oxygen atoms in total. The second kappa shape index (κ2) is 4.02. The van der Waals surface area contributed by atoms with Crippen molar-refractivity contribution in [2.24, 2.45) is 5.41 Å². The van der Waals surface area contributed by atoms with Crippen LogP contribution in [0.3, 0.4) is 0 Å². The van der Waals surface area contributed by atoms with E-state index in [4.69, 9.17) is 5.26 Å². The Bertz CT molecular complexity index is 419. The van der Waals surface area contributed by atoms with Gasteiger partial charge in [0.05, 0.1) is 11.7 Å². The molecule has 1 atom stereocenters. The molecule has 86 valence electrons. The summed E-state index contributed by atoms with van der Waals surface area (Å²) < 4.78 is 0. The van der Waals surface area contributed by atoms with Crippen LogP contribution in [0.15, 0.2) is 6.08 Å². The zero-order valence-corrected chi connectivity index (χ0v) is 9.81. The first-order chi connectivity index (χ1) is 7.30. The van der Waals surface area contributed by atoms with Gasteiger partial charge in [-0.3, -0.25) is 0 Å². The van der Waals surface area contributed by atoms with E-state index in [1.54, 1.807) is 6.92 Å². The molecule has 0 saturated carbocycles. The monoisotopic (exact) mass is 221 g/mol. The van der Waals surface area contributed by atoms with Gasteiger partial charge >= 0.3 is 0 Å². The topological polar surface area (TPSA) is 98.5 Å². The average molecular weight is 221 g/mol. The molecule has 0 spiro atoms. The van der Waals surface area contributed by atoms with E-state index in [0.29, 0.717) is 5.57 Å². The lowest BCUT2D eigenvalue weighted by Gasteiger charge is -2.37. The molecule has 1 heterocycles. The molecular weight excluding hydrogens is 206 g/mol. The van der Waals surface area contributed by atoms with Crippen LogP contribution in [-0.2, 0) is 0 Å². The number of nitrogens with zero attached hydrogens (tertiary/aromatic N) is 4. The minimum absolute atomic E-state index is 0.237. The van der Waals surface area contributed by atoms with Gasteiger partial charge in [-0.1, -0.05) is 20.8 Å². The van der Waals surface area contributed by atoms with Gasteiger partial charge in [-0.15, -0.1) is 10.2 Å². The first kappa shape index (κ1) is 12.3. The molecule has 1 unspecified atom stereocenters. The lowest BCUT2D eigenvalue weighted by atomic mass is 9.73.